The van der Waals surface area contributed by atoms with E-state index < -0.39 is 11.6 Å². The molecule has 0 radical (unpaired) electrons. The third-order valence-corrected chi connectivity index (χ3v) is 4.90. The molecule has 3 heterocycles. The lowest BCUT2D eigenvalue weighted by Gasteiger charge is -2.10. The topological polar surface area (TPSA) is 29.9 Å². The fourth-order valence-electron chi connectivity index (χ4n) is 2.94. The first-order valence-corrected chi connectivity index (χ1v) is 8.47. The van der Waals surface area contributed by atoms with E-state index in [0.717, 1.165) is 53.8 Å². The molecule has 0 atom stereocenters. The molecule has 0 fully saturated rings. The van der Waals surface area contributed by atoms with E-state index in [0.29, 0.717) is 0 Å². The maximum absolute atomic E-state index is 14.2. The molecular weight excluding hydrogens is 316 g/mol. The summed E-state index contributed by atoms with van der Waals surface area (Å²) in [5.74, 6) is -0.383. The van der Waals surface area contributed by atoms with Crippen molar-refractivity contribution in [3.05, 3.63) is 52.9 Å². The molecule has 0 spiro atoms. The zero-order valence-electron chi connectivity index (χ0n) is 12.4. The first-order chi connectivity index (χ1) is 11.2. The molecule has 0 saturated heterocycles. The van der Waals surface area contributed by atoms with Crippen molar-refractivity contribution in [1.29, 1.82) is 0 Å². The molecule has 2 aromatic heterocycles. The lowest BCUT2D eigenvalue weighted by atomic mass is 10.1. The Balaban J connectivity index is 1.93. The smallest absolute Gasteiger partial charge is 0.151 e. The van der Waals surface area contributed by atoms with Gasteiger partial charge in [-0.1, -0.05) is 6.07 Å². The summed E-state index contributed by atoms with van der Waals surface area (Å²) >= 11 is 1.61. The Bertz CT molecular complexity index is 840. The van der Waals surface area contributed by atoms with Gasteiger partial charge in [-0.3, -0.25) is 0 Å². The van der Waals surface area contributed by atoms with Crippen LogP contribution in [0.2, 0.25) is 0 Å². The molecule has 0 aliphatic carbocycles. The molecule has 1 aromatic carbocycles. The van der Waals surface area contributed by atoms with E-state index in [-0.39, 0.29) is 5.69 Å². The van der Waals surface area contributed by atoms with Gasteiger partial charge in [-0.25, -0.2) is 13.5 Å². The summed E-state index contributed by atoms with van der Waals surface area (Å²) in [5.41, 5.74) is 2.25. The average Bonchev–Trinajstić information content (AvgIpc) is 3.10. The van der Waals surface area contributed by atoms with Crippen LogP contribution in [0.15, 0.2) is 35.7 Å². The standard InChI is InChI=1S/C17H15F2N3S/c18-11-6-7-14(13(19)10-11)22-17-12(4-1-2-8-20-17)16(21-22)15-5-3-9-23-15/h3,5-7,9-10,20H,1-2,4,8H2. The summed E-state index contributed by atoms with van der Waals surface area (Å²) in [4.78, 5) is 1.06. The van der Waals surface area contributed by atoms with Gasteiger partial charge in [-0.15, -0.1) is 11.3 Å². The van der Waals surface area contributed by atoms with Gasteiger partial charge < -0.3 is 5.32 Å². The van der Waals surface area contributed by atoms with Crippen molar-refractivity contribution in [2.45, 2.75) is 19.3 Å². The van der Waals surface area contributed by atoms with Crippen LogP contribution in [0.3, 0.4) is 0 Å². The van der Waals surface area contributed by atoms with Crippen molar-refractivity contribution in [2.24, 2.45) is 0 Å². The fourth-order valence-corrected chi connectivity index (χ4v) is 3.68. The van der Waals surface area contributed by atoms with Gasteiger partial charge in [0.25, 0.3) is 0 Å². The fraction of sp³-hybridized carbons (Fsp3) is 0.235. The predicted molar refractivity (Wildman–Crippen MR) is 88.2 cm³/mol. The van der Waals surface area contributed by atoms with E-state index >= 15 is 0 Å². The summed E-state index contributed by atoms with van der Waals surface area (Å²) in [7, 11) is 0. The van der Waals surface area contributed by atoms with Gasteiger partial charge in [0.1, 0.15) is 23.0 Å². The van der Waals surface area contributed by atoms with Gasteiger partial charge in [-0.05, 0) is 42.8 Å². The molecule has 1 aliphatic heterocycles. The molecule has 0 bridgehead atoms. The molecule has 0 unspecified atom stereocenters. The van der Waals surface area contributed by atoms with Gasteiger partial charge in [0.05, 0.1) is 4.88 Å². The summed E-state index contributed by atoms with van der Waals surface area (Å²) in [6, 6.07) is 7.58. The molecule has 1 aliphatic rings. The summed E-state index contributed by atoms with van der Waals surface area (Å²) < 4.78 is 29.0. The molecule has 3 aromatic rings. The van der Waals surface area contributed by atoms with Gasteiger partial charge >= 0.3 is 0 Å². The van der Waals surface area contributed by atoms with Gasteiger partial charge in [0.15, 0.2) is 5.82 Å². The number of aromatic nitrogens is 2. The van der Waals surface area contributed by atoms with Crippen LogP contribution in [-0.4, -0.2) is 16.3 Å². The van der Waals surface area contributed by atoms with Crippen LogP contribution in [0.25, 0.3) is 16.3 Å². The molecular formula is C17H15F2N3S. The van der Waals surface area contributed by atoms with Gasteiger partial charge in [-0.2, -0.15) is 5.10 Å². The van der Waals surface area contributed by atoms with Gasteiger partial charge in [0.2, 0.25) is 0 Å². The molecule has 4 rings (SSSR count). The Kier molecular flexibility index (Phi) is 3.61. The van der Waals surface area contributed by atoms with Crippen LogP contribution in [0, 0.1) is 11.6 Å². The Morgan fingerprint density at radius 2 is 2.09 bits per heavy atom. The van der Waals surface area contributed by atoms with Crippen molar-refractivity contribution in [3.63, 3.8) is 0 Å². The lowest BCUT2D eigenvalue weighted by Crippen LogP contribution is -2.08. The van der Waals surface area contributed by atoms with Crippen LogP contribution in [0.4, 0.5) is 14.6 Å². The number of hydrogen-bond donors (Lipinski definition) is 1. The van der Waals surface area contributed by atoms with Crippen molar-refractivity contribution in [3.8, 4) is 16.3 Å². The van der Waals surface area contributed by atoms with Crippen molar-refractivity contribution >= 4 is 17.2 Å². The molecule has 0 saturated carbocycles. The lowest BCUT2D eigenvalue weighted by molar-refractivity contribution is 0.574. The van der Waals surface area contributed by atoms with E-state index in [9.17, 15) is 8.78 Å². The minimum absolute atomic E-state index is 0.264. The highest BCUT2D eigenvalue weighted by atomic mass is 32.1. The third-order valence-electron chi connectivity index (χ3n) is 4.02. The molecule has 118 valence electrons. The van der Waals surface area contributed by atoms with Crippen LogP contribution in [0.5, 0.6) is 0 Å². The minimum atomic E-state index is -0.612. The zero-order chi connectivity index (χ0) is 15.8. The number of nitrogens with one attached hydrogen (secondary N) is 1. The number of hydrogen-bond acceptors (Lipinski definition) is 3. The molecule has 1 N–H and O–H groups in total. The Labute approximate surface area is 136 Å². The van der Waals surface area contributed by atoms with Crippen molar-refractivity contribution in [1.82, 2.24) is 9.78 Å². The Morgan fingerprint density at radius 3 is 2.87 bits per heavy atom. The largest absolute Gasteiger partial charge is 0.370 e. The van der Waals surface area contributed by atoms with E-state index in [1.54, 1.807) is 16.0 Å². The van der Waals surface area contributed by atoms with E-state index in [1.165, 1.54) is 12.1 Å². The second-order valence-corrected chi connectivity index (χ2v) is 6.49. The maximum atomic E-state index is 14.2. The number of anilines is 1. The molecule has 0 amide bonds. The second kappa shape index (κ2) is 5.77. The zero-order valence-corrected chi connectivity index (χ0v) is 13.2. The first-order valence-electron chi connectivity index (χ1n) is 7.59. The number of benzene rings is 1. The SMILES string of the molecule is Fc1ccc(-n2nc(-c3cccs3)c3c2NCCCC3)c(F)c1. The minimum Gasteiger partial charge on any atom is -0.370 e. The third kappa shape index (κ3) is 2.53. The number of nitrogens with zero attached hydrogens (tertiary/aromatic N) is 2. The summed E-state index contributed by atoms with van der Waals surface area (Å²) in [6.07, 6.45) is 3.03. The quantitative estimate of drug-likeness (QED) is 0.742. The maximum Gasteiger partial charge on any atom is 0.151 e. The van der Waals surface area contributed by atoms with Crippen molar-refractivity contribution < 1.29 is 8.78 Å². The highest BCUT2D eigenvalue weighted by molar-refractivity contribution is 7.13. The summed E-state index contributed by atoms with van der Waals surface area (Å²) in [6.45, 7) is 0.825. The summed E-state index contributed by atoms with van der Waals surface area (Å²) in [5, 5.41) is 10.0. The van der Waals surface area contributed by atoms with E-state index in [1.807, 2.05) is 17.5 Å². The number of halogens is 2. The molecule has 6 heteroatoms. The van der Waals surface area contributed by atoms with Gasteiger partial charge in [0, 0.05) is 18.2 Å². The van der Waals surface area contributed by atoms with Crippen LogP contribution in [-0.2, 0) is 6.42 Å². The number of rotatable bonds is 2. The molecule has 23 heavy (non-hydrogen) atoms. The highest BCUT2D eigenvalue weighted by Crippen LogP contribution is 2.36. The van der Waals surface area contributed by atoms with Crippen LogP contribution < -0.4 is 5.32 Å². The second-order valence-electron chi connectivity index (χ2n) is 5.54. The highest BCUT2D eigenvalue weighted by Gasteiger charge is 2.23. The van der Waals surface area contributed by atoms with Crippen LogP contribution in [0.1, 0.15) is 18.4 Å². The first kappa shape index (κ1) is 14.4. The number of thiophene rings is 1. The molecule has 3 nitrogen and oxygen atoms in total. The van der Waals surface area contributed by atoms with E-state index in [4.69, 9.17) is 0 Å². The number of fused-ring (bicyclic) bond motifs is 1. The predicted octanol–water partition coefficient (Wildman–Crippen LogP) is 4.63. The normalized spacial score (nSPS) is 14.2. The van der Waals surface area contributed by atoms with Crippen LogP contribution >= 0.6 is 11.3 Å². The van der Waals surface area contributed by atoms with E-state index in [2.05, 4.69) is 10.4 Å². The Hall–Kier alpha value is -2.21. The van der Waals surface area contributed by atoms with Crippen molar-refractivity contribution in [2.75, 3.05) is 11.9 Å². The average molecular weight is 331 g/mol. The monoisotopic (exact) mass is 331 g/mol. The Morgan fingerprint density at radius 1 is 1.17 bits per heavy atom.